The molecule has 2 aromatic rings. The molecular formula is C12H15BrN4O2S. The van der Waals surface area contributed by atoms with Gasteiger partial charge in [-0.05, 0) is 24.6 Å². The maximum atomic E-state index is 12.3. The lowest BCUT2D eigenvalue weighted by molar-refractivity contribution is 0.601. The number of nitrogens with two attached hydrogens (primary N) is 1. The number of halogens is 1. The minimum absolute atomic E-state index is 0.0203. The van der Waals surface area contributed by atoms with Crippen LogP contribution in [0.3, 0.4) is 0 Å². The molecule has 1 aromatic heterocycles. The van der Waals surface area contributed by atoms with E-state index < -0.39 is 10.0 Å². The molecule has 0 saturated heterocycles. The summed E-state index contributed by atoms with van der Waals surface area (Å²) in [4.78, 5) is 0.0203. The first kappa shape index (κ1) is 14.9. The second-order valence-corrected chi connectivity index (χ2v) is 6.88. The molecule has 0 saturated carbocycles. The van der Waals surface area contributed by atoms with Crippen LogP contribution in [0.4, 0.5) is 11.5 Å². The van der Waals surface area contributed by atoms with Gasteiger partial charge in [-0.25, -0.2) is 8.42 Å². The first-order valence-corrected chi connectivity index (χ1v) is 8.32. The fourth-order valence-electron chi connectivity index (χ4n) is 1.74. The van der Waals surface area contributed by atoms with E-state index in [-0.39, 0.29) is 16.4 Å². The molecule has 0 aliphatic rings. The van der Waals surface area contributed by atoms with Crippen LogP contribution in [-0.2, 0) is 16.4 Å². The Balaban J connectivity index is 2.28. The molecule has 0 fully saturated rings. The van der Waals surface area contributed by atoms with Crippen molar-refractivity contribution in [3.05, 3.63) is 34.4 Å². The van der Waals surface area contributed by atoms with Crippen LogP contribution < -0.4 is 10.5 Å². The molecule has 8 heteroatoms. The van der Waals surface area contributed by atoms with E-state index in [0.717, 1.165) is 18.5 Å². The van der Waals surface area contributed by atoms with Crippen molar-refractivity contribution in [1.29, 1.82) is 0 Å². The number of aromatic nitrogens is 2. The molecule has 0 unspecified atom stereocenters. The topological polar surface area (TPSA) is 101 Å². The average Bonchev–Trinajstić information content (AvgIpc) is 2.79. The molecule has 2 rings (SSSR count). The van der Waals surface area contributed by atoms with Crippen molar-refractivity contribution in [3.63, 3.8) is 0 Å². The number of sulfonamides is 1. The van der Waals surface area contributed by atoms with E-state index in [1.165, 1.54) is 12.1 Å². The van der Waals surface area contributed by atoms with Gasteiger partial charge in [-0.1, -0.05) is 29.3 Å². The minimum Gasteiger partial charge on any atom is -0.398 e. The third kappa shape index (κ3) is 3.31. The number of aromatic amines is 1. The van der Waals surface area contributed by atoms with Crippen LogP contribution in [0.25, 0.3) is 0 Å². The second-order valence-electron chi connectivity index (χ2n) is 4.32. The standard InChI is InChI=1S/C12H15BrN4O2S/c1-2-3-9-7-12(16-15-9)17-20(18,19)11-6-8(13)4-5-10(11)14/h4-7H,2-3,14H2,1H3,(H2,15,16,17). The lowest BCUT2D eigenvalue weighted by Crippen LogP contribution is -2.15. The van der Waals surface area contributed by atoms with Crippen molar-refractivity contribution in [1.82, 2.24) is 10.2 Å². The largest absolute Gasteiger partial charge is 0.398 e. The van der Waals surface area contributed by atoms with Gasteiger partial charge in [0.05, 0.1) is 5.69 Å². The van der Waals surface area contributed by atoms with Gasteiger partial charge < -0.3 is 5.73 Å². The van der Waals surface area contributed by atoms with E-state index in [4.69, 9.17) is 5.73 Å². The van der Waals surface area contributed by atoms with Crippen molar-refractivity contribution in [2.24, 2.45) is 0 Å². The Hall–Kier alpha value is -1.54. The highest BCUT2D eigenvalue weighted by Gasteiger charge is 2.19. The van der Waals surface area contributed by atoms with Gasteiger partial charge in [0.1, 0.15) is 4.90 Å². The predicted octanol–water partition coefficient (Wildman–Crippen LogP) is 2.51. The van der Waals surface area contributed by atoms with E-state index in [2.05, 4.69) is 30.8 Å². The number of benzene rings is 1. The summed E-state index contributed by atoms with van der Waals surface area (Å²) in [6.45, 7) is 2.03. The number of nitrogens with zero attached hydrogens (tertiary/aromatic N) is 1. The third-order valence-corrected chi connectivity index (χ3v) is 4.56. The molecule has 4 N–H and O–H groups in total. The van der Waals surface area contributed by atoms with Gasteiger partial charge in [0.2, 0.25) is 0 Å². The lowest BCUT2D eigenvalue weighted by Gasteiger charge is -2.08. The molecule has 0 amide bonds. The Kier molecular flexibility index (Phi) is 4.34. The smallest absolute Gasteiger partial charge is 0.265 e. The van der Waals surface area contributed by atoms with E-state index in [9.17, 15) is 8.42 Å². The average molecular weight is 359 g/mol. The van der Waals surface area contributed by atoms with Gasteiger partial charge in [0, 0.05) is 16.2 Å². The molecule has 6 nitrogen and oxygen atoms in total. The second kappa shape index (κ2) is 5.84. The fourth-order valence-corrected chi connectivity index (χ4v) is 3.41. The summed E-state index contributed by atoms with van der Waals surface area (Å²) in [5.41, 5.74) is 6.78. The predicted molar refractivity (Wildman–Crippen MR) is 81.9 cm³/mol. The molecule has 0 aliphatic carbocycles. The molecule has 1 aromatic carbocycles. The van der Waals surface area contributed by atoms with Crippen LogP contribution in [0.5, 0.6) is 0 Å². The molecule has 0 atom stereocenters. The summed E-state index contributed by atoms with van der Waals surface area (Å²) >= 11 is 3.23. The van der Waals surface area contributed by atoms with Gasteiger partial charge >= 0.3 is 0 Å². The van der Waals surface area contributed by atoms with Gasteiger partial charge in [0.15, 0.2) is 5.82 Å². The van der Waals surface area contributed by atoms with Crippen LogP contribution in [0, 0.1) is 0 Å². The van der Waals surface area contributed by atoms with Crippen molar-refractivity contribution in [2.45, 2.75) is 24.7 Å². The highest BCUT2D eigenvalue weighted by molar-refractivity contribution is 9.10. The van der Waals surface area contributed by atoms with Gasteiger partial charge in [0.25, 0.3) is 10.0 Å². The van der Waals surface area contributed by atoms with E-state index in [1.807, 2.05) is 6.92 Å². The Morgan fingerprint density at radius 2 is 2.15 bits per heavy atom. The monoisotopic (exact) mass is 358 g/mol. The molecule has 1 heterocycles. The lowest BCUT2D eigenvalue weighted by atomic mass is 10.2. The summed E-state index contributed by atoms with van der Waals surface area (Å²) in [6, 6.07) is 6.35. The zero-order valence-electron chi connectivity index (χ0n) is 10.9. The van der Waals surface area contributed by atoms with Crippen LogP contribution in [-0.4, -0.2) is 18.6 Å². The molecule has 0 radical (unpaired) electrons. The number of nitrogen functional groups attached to an aromatic ring is 1. The number of anilines is 2. The van der Waals surface area contributed by atoms with E-state index >= 15 is 0 Å². The molecule has 20 heavy (non-hydrogen) atoms. The molecule has 0 bridgehead atoms. The van der Waals surface area contributed by atoms with Crippen molar-refractivity contribution in [2.75, 3.05) is 10.5 Å². The zero-order chi connectivity index (χ0) is 14.8. The van der Waals surface area contributed by atoms with Crippen molar-refractivity contribution in [3.8, 4) is 0 Å². The summed E-state index contributed by atoms with van der Waals surface area (Å²) in [5.74, 6) is 0.257. The van der Waals surface area contributed by atoms with Crippen LogP contribution in [0.2, 0.25) is 0 Å². The summed E-state index contributed by atoms with van der Waals surface area (Å²) in [5, 5.41) is 6.72. The first-order valence-electron chi connectivity index (χ1n) is 6.04. The number of rotatable bonds is 5. The number of nitrogens with one attached hydrogen (secondary N) is 2. The summed E-state index contributed by atoms with van der Waals surface area (Å²) < 4.78 is 27.6. The van der Waals surface area contributed by atoms with Crippen LogP contribution in [0.1, 0.15) is 19.0 Å². The molecule has 108 valence electrons. The summed E-state index contributed by atoms with van der Waals surface area (Å²) in [7, 11) is -3.76. The van der Waals surface area contributed by atoms with Crippen molar-refractivity contribution < 1.29 is 8.42 Å². The highest BCUT2D eigenvalue weighted by Crippen LogP contribution is 2.24. The number of hydrogen-bond acceptors (Lipinski definition) is 4. The first-order chi connectivity index (χ1) is 9.42. The quantitative estimate of drug-likeness (QED) is 0.714. The molecular weight excluding hydrogens is 344 g/mol. The van der Waals surface area contributed by atoms with Gasteiger partial charge in [-0.15, -0.1) is 0 Å². The zero-order valence-corrected chi connectivity index (χ0v) is 13.3. The van der Waals surface area contributed by atoms with Gasteiger partial charge in [-0.3, -0.25) is 9.82 Å². The minimum atomic E-state index is -3.76. The van der Waals surface area contributed by atoms with Crippen LogP contribution >= 0.6 is 15.9 Å². The molecule has 0 aliphatic heterocycles. The normalized spacial score (nSPS) is 11.5. The fraction of sp³-hybridized carbons (Fsp3) is 0.250. The Bertz CT molecular complexity index is 712. The third-order valence-electron chi connectivity index (χ3n) is 2.65. The summed E-state index contributed by atoms with van der Waals surface area (Å²) in [6.07, 6.45) is 1.76. The van der Waals surface area contributed by atoms with Crippen molar-refractivity contribution >= 4 is 37.5 Å². The Morgan fingerprint density at radius 1 is 1.40 bits per heavy atom. The number of hydrogen-bond donors (Lipinski definition) is 3. The molecule has 0 spiro atoms. The van der Waals surface area contributed by atoms with Gasteiger partial charge in [-0.2, -0.15) is 5.10 Å². The maximum absolute atomic E-state index is 12.3. The highest BCUT2D eigenvalue weighted by atomic mass is 79.9. The Labute approximate surface area is 125 Å². The SMILES string of the molecule is CCCc1cc(NS(=O)(=O)c2cc(Br)ccc2N)n[nH]1. The Morgan fingerprint density at radius 3 is 2.85 bits per heavy atom. The van der Waals surface area contributed by atoms with Crippen LogP contribution in [0.15, 0.2) is 33.6 Å². The number of H-pyrrole nitrogens is 1. The van der Waals surface area contributed by atoms with E-state index in [1.54, 1.807) is 12.1 Å². The van der Waals surface area contributed by atoms with E-state index in [0.29, 0.717) is 4.47 Å². The maximum Gasteiger partial charge on any atom is 0.265 e. The number of aryl methyl sites for hydroxylation is 1.